The van der Waals surface area contributed by atoms with Crippen LogP contribution in [0.4, 0.5) is 5.69 Å². The van der Waals surface area contributed by atoms with E-state index in [0.717, 1.165) is 24.3 Å². The molecule has 1 fully saturated rings. The van der Waals surface area contributed by atoms with E-state index in [0.29, 0.717) is 18.1 Å². The van der Waals surface area contributed by atoms with Crippen LogP contribution in [0.2, 0.25) is 0 Å². The van der Waals surface area contributed by atoms with E-state index in [1.807, 2.05) is 19.3 Å². The fourth-order valence-electron chi connectivity index (χ4n) is 2.66. The van der Waals surface area contributed by atoms with Crippen molar-refractivity contribution < 1.29 is 8.42 Å². The quantitative estimate of drug-likeness (QED) is 0.861. The third-order valence-corrected chi connectivity index (χ3v) is 5.64. The zero-order valence-electron chi connectivity index (χ0n) is 13.0. The summed E-state index contributed by atoms with van der Waals surface area (Å²) in [7, 11) is -0.900. The Morgan fingerprint density at radius 3 is 2.86 bits per heavy atom. The van der Waals surface area contributed by atoms with Crippen LogP contribution in [0.5, 0.6) is 0 Å². The fraction of sp³-hybridized carbons (Fsp3) is 0.667. The van der Waals surface area contributed by atoms with Crippen molar-refractivity contribution in [1.82, 2.24) is 10.3 Å². The maximum atomic E-state index is 11.7. The van der Waals surface area contributed by atoms with Gasteiger partial charge < -0.3 is 10.2 Å². The zero-order valence-corrected chi connectivity index (χ0v) is 13.9. The van der Waals surface area contributed by atoms with Crippen LogP contribution >= 0.6 is 0 Å². The first kappa shape index (κ1) is 16.2. The van der Waals surface area contributed by atoms with Crippen molar-refractivity contribution in [3.8, 4) is 0 Å². The summed E-state index contributed by atoms with van der Waals surface area (Å²) >= 11 is 0. The van der Waals surface area contributed by atoms with Crippen molar-refractivity contribution in [1.29, 1.82) is 0 Å². The molecule has 1 aromatic rings. The number of rotatable bonds is 6. The summed E-state index contributed by atoms with van der Waals surface area (Å²) in [6.45, 7) is 6.09. The topological polar surface area (TPSA) is 62.3 Å². The minimum atomic E-state index is -2.87. The van der Waals surface area contributed by atoms with Crippen LogP contribution in [0.3, 0.4) is 0 Å². The Kier molecular flexibility index (Phi) is 5.22. The van der Waals surface area contributed by atoms with E-state index in [1.54, 1.807) is 6.20 Å². The van der Waals surface area contributed by atoms with Crippen LogP contribution in [-0.4, -0.2) is 44.5 Å². The molecule has 0 amide bonds. The summed E-state index contributed by atoms with van der Waals surface area (Å²) in [4.78, 5) is 6.27. The lowest BCUT2D eigenvalue weighted by atomic mass is 10.1. The van der Waals surface area contributed by atoms with E-state index < -0.39 is 9.84 Å². The van der Waals surface area contributed by atoms with Crippen molar-refractivity contribution in [2.75, 3.05) is 30.0 Å². The molecule has 1 N–H and O–H groups in total. The molecule has 118 valence electrons. The van der Waals surface area contributed by atoms with Crippen molar-refractivity contribution in [2.24, 2.45) is 5.92 Å². The van der Waals surface area contributed by atoms with Gasteiger partial charge in [-0.2, -0.15) is 0 Å². The van der Waals surface area contributed by atoms with Crippen LogP contribution in [0.1, 0.15) is 25.8 Å². The van der Waals surface area contributed by atoms with E-state index in [1.165, 1.54) is 0 Å². The van der Waals surface area contributed by atoms with Crippen molar-refractivity contribution in [3.05, 3.63) is 24.0 Å². The third-order valence-electron chi connectivity index (χ3n) is 3.89. The molecule has 21 heavy (non-hydrogen) atoms. The Labute approximate surface area is 127 Å². The molecule has 5 nitrogen and oxygen atoms in total. The van der Waals surface area contributed by atoms with Gasteiger partial charge in [-0.1, -0.05) is 13.8 Å². The number of nitrogens with zero attached hydrogens (tertiary/aromatic N) is 2. The Morgan fingerprint density at radius 2 is 2.24 bits per heavy atom. The molecule has 0 aromatic carbocycles. The van der Waals surface area contributed by atoms with Crippen LogP contribution in [-0.2, 0) is 16.4 Å². The summed E-state index contributed by atoms with van der Waals surface area (Å²) < 4.78 is 23.3. The molecule has 0 radical (unpaired) electrons. The number of aromatic nitrogens is 1. The lowest BCUT2D eigenvalue weighted by Gasteiger charge is -2.27. The summed E-state index contributed by atoms with van der Waals surface area (Å²) in [5.41, 5.74) is 2.19. The molecule has 0 spiro atoms. The molecule has 2 heterocycles. The van der Waals surface area contributed by atoms with Crippen LogP contribution in [0.15, 0.2) is 18.5 Å². The molecule has 0 aliphatic carbocycles. The number of hydrogen-bond donors (Lipinski definition) is 1. The number of sulfone groups is 1. The van der Waals surface area contributed by atoms with Gasteiger partial charge in [0.25, 0.3) is 0 Å². The highest BCUT2D eigenvalue weighted by molar-refractivity contribution is 7.91. The maximum absolute atomic E-state index is 11.7. The molecule has 1 aliphatic heterocycles. The van der Waals surface area contributed by atoms with Gasteiger partial charge in [0.1, 0.15) is 0 Å². The normalized spacial score (nSPS) is 20.9. The number of pyridine rings is 1. The summed E-state index contributed by atoms with van der Waals surface area (Å²) in [6.07, 6.45) is 4.32. The Bertz CT molecular complexity index is 572. The minimum absolute atomic E-state index is 0.0584. The molecule has 1 atom stereocenters. The molecular formula is C15H25N3O2S. The van der Waals surface area contributed by atoms with Crippen molar-refractivity contribution in [2.45, 2.75) is 32.9 Å². The minimum Gasteiger partial charge on any atom is -0.369 e. The summed E-state index contributed by atoms with van der Waals surface area (Å²) in [5, 5.41) is 3.43. The van der Waals surface area contributed by atoms with E-state index in [2.05, 4.69) is 29.0 Å². The zero-order chi connectivity index (χ0) is 15.5. The first-order valence-electron chi connectivity index (χ1n) is 7.46. The smallest absolute Gasteiger partial charge is 0.152 e. The second-order valence-corrected chi connectivity index (χ2v) is 8.43. The van der Waals surface area contributed by atoms with Gasteiger partial charge in [0.15, 0.2) is 9.84 Å². The predicted molar refractivity (Wildman–Crippen MR) is 86.2 cm³/mol. The first-order chi connectivity index (χ1) is 9.89. The van der Waals surface area contributed by atoms with Crippen LogP contribution in [0.25, 0.3) is 0 Å². The molecule has 6 heteroatoms. The van der Waals surface area contributed by atoms with Gasteiger partial charge in [-0.25, -0.2) is 8.42 Å². The number of anilines is 1. The van der Waals surface area contributed by atoms with E-state index in [9.17, 15) is 8.42 Å². The highest BCUT2D eigenvalue weighted by Crippen LogP contribution is 2.25. The molecule has 2 rings (SSSR count). The molecule has 1 saturated heterocycles. The van der Waals surface area contributed by atoms with E-state index in [-0.39, 0.29) is 11.8 Å². The second-order valence-electron chi connectivity index (χ2n) is 6.20. The van der Waals surface area contributed by atoms with Gasteiger partial charge in [0, 0.05) is 25.8 Å². The van der Waals surface area contributed by atoms with Gasteiger partial charge in [-0.05, 0) is 30.5 Å². The lowest BCUT2D eigenvalue weighted by molar-refractivity contribution is 0.551. The van der Waals surface area contributed by atoms with Crippen LogP contribution < -0.4 is 10.2 Å². The monoisotopic (exact) mass is 311 g/mol. The Morgan fingerprint density at radius 1 is 1.48 bits per heavy atom. The second kappa shape index (κ2) is 6.75. The SMILES string of the molecule is CC(C)CNCc1ccncc1N(C)C1CCS(=O)(=O)C1. The molecule has 0 saturated carbocycles. The number of nitrogens with one attached hydrogen (secondary N) is 1. The molecule has 1 aromatic heterocycles. The average molecular weight is 311 g/mol. The fourth-order valence-corrected chi connectivity index (χ4v) is 4.43. The standard InChI is InChI=1S/C15H25N3O2S/c1-12(2)8-17-9-13-4-6-16-10-15(13)18(3)14-5-7-21(19,20)11-14/h4,6,10,12,14,17H,5,7-9,11H2,1-3H3. The maximum Gasteiger partial charge on any atom is 0.152 e. The Balaban J connectivity index is 2.08. The third kappa shape index (κ3) is 4.41. The number of hydrogen-bond acceptors (Lipinski definition) is 5. The molecule has 1 unspecified atom stereocenters. The largest absolute Gasteiger partial charge is 0.369 e. The van der Waals surface area contributed by atoms with Gasteiger partial charge in [0.05, 0.1) is 23.4 Å². The van der Waals surface area contributed by atoms with Gasteiger partial charge in [-0.15, -0.1) is 0 Å². The van der Waals surface area contributed by atoms with E-state index >= 15 is 0 Å². The molecular weight excluding hydrogens is 286 g/mol. The van der Waals surface area contributed by atoms with Crippen molar-refractivity contribution in [3.63, 3.8) is 0 Å². The predicted octanol–water partition coefficient (Wildman–Crippen LogP) is 1.45. The summed E-state index contributed by atoms with van der Waals surface area (Å²) in [6, 6.07) is 2.06. The summed E-state index contributed by atoms with van der Waals surface area (Å²) in [5.74, 6) is 1.15. The van der Waals surface area contributed by atoms with E-state index in [4.69, 9.17) is 0 Å². The van der Waals surface area contributed by atoms with Crippen LogP contribution in [0, 0.1) is 5.92 Å². The molecule has 1 aliphatic rings. The highest BCUT2D eigenvalue weighted by Gasteiger charge is 2.31. The lowest BCUT2D eigenvalue weighted by Crippen LogP contribution is -2.34. The Hall–Kier alpha value is -1.14. The van der Waals surface area contributed by atoms with Gasteiger partial charge in [0.2, 0.25) is 0 Å². The molecule has 0 bridgehead atoms. The van der Waals surface area contributed by atoms with Crippen molar-refractivity contribution >= 4 is 15.5 Å². The van der Waals surface area contributed by atoms with Gasteiger partial charge in [-0.3, -0.25) is 4.98 Å². The highest BCUT2D eigenvalue weighted by atomic mass is 32.2. The first-order valence-corrected chi connectivity index (χ1v) is 9.28. The average Bonchev–Trinajstić information content (AvgIpc) is 2.78. The van der Waals surface area contributed by atoms with Gasteiger partial charge >= 0.3 is 0 Å².